The van der Waals surface area contributed by atoms with E-state index in [4.69, 9.17) is 4.74 Å². The smallest absolute Gasteiger partial charge is 0.328 e. The lowest BCUT2D eigenvalue weighted by molar-refractivity contribution is -0.147. The largest absolute Gasteiger partial charge is 0.467 e. The quantitative estimate of drug-likeness (QED) is 0.721. The van der Waals surface area contributed by atoms with Gasteiger partial charge in [-0.05, 0) is 30.7 Å². The van der Waals surface area contributed by atoms with Gasteiger partial charge in [-0.1, -0.05) is 36.4 Å². The Labute approximate surface area is 151 Å². The molecule has 0 saturated carbocycles. The first-order chi connectivity index (χ1) is 12.6. The molecule has 1 N–H and O–H groups in total. The highest BCUT2D eigenvalue weighted by atomic mass is 16.5. The number of aromatic amines is 1. The summed E-state index contributed by atoms with van der Waals surface area (Å²) in [7, 11) is 1.36. The average molecular weight is 348 g/mol. The molecule has 0 spiro atoms. The van der Waals surface area contributed by atoms with Gasteiger partial charge in [-0.3, -0.25) is 4.79 Å². The highest BCUT2D eigenvalue weighted by molar-refractivity contribution is 5.98. The van der Waals surface area contributed by atoms with Crippen molar-refractivity contribution < 1.29 is 14.3 Å². The lowest BCUT2D eigenvalue weighted by atomic mass is 9.91. The van der Waals surface area contributed by atoms with Gasteiger partial charge in [-0.15, -0.1) is 0 Å². The van der Waals surface area contributed by atoms with Gasteiger partial charge in [0.15, 0.2) is 0 Å². The molecule has 0 saturated heterocycles. The van der Waals surface area contributed by atoms with Crippen LogP contribution in [-0.4, -0.2) is 34.9 Å². The topological polar surface area (TPSA) is 62.4 Å². The summed E-state index contributed by atoms with van der Waals surface area (Å²) in [6, 6.07) is 16.1. The predicted octanol–water partition coefficient (Wildman–Crippen LogP) is 3.47. The second-order valence-corrected chi connectivity index (χ2v) is 6.56. The number of ether oxygens (including phenoxy) is 1. The standard InChI is InChI=1S/C21H20N2O3/c1-13-19-16(15-10-6-7-11-17(15)22-19)12-18(21(25)26-2)23(13)20(24)14-8-4-3-5-9-14/h3-11,13,18,22H,12H2,1-2H3/t13-,18-/m0/s1. The maximum atomic E-state index is 13.2. The zero-order chi connectivity index (χ0) is 18.3. The second-order valence-electron chi connectivity index (χ2n) is 6.56. The van der Waals surface area contributed by atoms with Gasteiger partial charge in [0, 0.05) is 28.6 Å². The van der Waals surface area contributed by atoms with Crippen LogP contribution in [0.4, 0.5) is 0 Å². The van der Waals surface area contributed by atoms with Crippen LogP contribution in [0.5, 0.6) is 0 Å². The molecule has 26 heavy (non-hydrogen) atoms. The number of aromatic nitrogens is 1. The lowest BCUT2D eigenvalue weighted by Crippen LogP contribution is -2.50. The van der Waals surface area contributed by atoms with Crippen LogP contribution < -0.4 is 0 Å². The van der Waals surface area contributed by atoms with Crippen LogP contribution in [0.2, 0.25) is 0 Å². The van der Waals surface area contributed by atoms with Crippen LogP contribution in [0.25, 0.3) is 10.9 Å². The summed E-state index contributed by atoms with van der Waals surface area (Å²) in [5, 5.41) is 1.09. The van der Waals surface area contributed by atoms with E-state index in [1.165, 1.54) is 7.11 Å². The van der Waals surface area contributed by atoms with Crippen LogP contribution in [-0.2, 0) is 16.0 Å². The van der Waals surface area contributed by atoms with Crippen molar-refractivity contribution in [1.29, 1.82) is 0 Å². The Bertz CT molecular complexity index is 977. The number of esters is 1. The van der Waals surface area contributed by atoms with Crippen molar-refractivity contribution in [2.75, 3.05) is 7.11 Å². The van der Waals surface area contributed by atoms with Gasteiger partial charge in [0.2, 0.25) is 0 Å². The minimum absolute atomic E-state index is 0.169. The third kappa shape index (κ3) is 2.47. The summed E-state index contributed by atoms with van der Waals surface area (Å²) in [6.45, 7) is 1.95. The van der Waals surface area contributed by atoms with Gasteiger partial charge in [0.05, 0.1) is 13.2 Å². The fraction of sp³-hybridized carbons (Fsp3) is 0.238. The third-order valence-electron chi connectivity index (χ3n) is 5.14. The molecule has 2 atom stereocenters. The molecule has 0 aliphatic carbocycles. The van der Waals surface area contributed by atoms with E-state index in [-0.39, 0.29) is 11.9 Å². The van der Waals surface area contributed by atoms with Crippen molar-refractivity contribution in [2.24, 2.45) is 0 Å². The molecular formula is C21H20N2O3. The summed E-state index contributed by atoms with van der Waals surface area (Å²) < 4.78 is 5.01. The van der Waals surface area contributed by atoms with Gasteiger partial charge in [-0.25, -0.2) is 4.79 Å². The maximum absolute atomic E-state index is 13.2. The molecule has 1 aliphatic heterocycles. The molecule has 0 unspecified atom stereocenters. The number of fused-ring (bicyclic) bond motifs is 3. The molecule has 5 nitrogen and oxygen atoms in total. The molecule has 1 amide bonds. The molecule has 5 heteroatoms. The van der Waals surface area contributed by atoms with E-state index in [0.717, 1.165) is 22.2 Å². The van der Waals surface area contributed by atoms with Crippen LogP contribution in [0, 0.1) is 0 Å². The van der Waals surface area contributed by atoms with Crippen LogP contribution in [0.3, 0.4) is 0 Å². The Kier molecular flexibility index (Phi) is 3.99. The van der Waals surface area contributed by atoms with E-state index < -0.39 is 12.0 Å². The van der Waals surface area contributed by atoms with Gasteiger partial charge in [0.1, 0.15) is 6.04 Å². The van der Waals surface area contributed by atoms with E-state index in [1.807, 2.05) is 49.4 Å². The van der Waals surface area contributed by atoms with Gasteiger partial charge in [0.25, 0.3) is 5.91 Å². The van der Waals surface area contributed by atoms with Crippen molar-refractivity contribution in [3.63, 3.8) is 0 Å². The Morgan fingerprint density at radius 3 is 2.50 bits per heavy atom. The number of nitrogens with zero attached hydrogens (tertiary/aromatic N) is 1. The molecule has 0 radical (unpaired) electrons. The number of carbonyl (C=O) groups is 2. The summed E-state index contributed by atoms with van der Waals surface area (Å²) in [5.41, 5.74) is 3.64. The van der Waals surface area contributed by atoms with Crippen LogP contribution >= 0.6 is 0 Å². The van der Waals surface area contributed by atoms with E-state index in [2.05, 4.69) is 4.98 Å². The van der Waals surface area contributed by atoms with Gasteiger partial charge >= 0.3 is 5.97 Å². The van der Waals surface area contributed by atoms with Crippen molar-refractivity contribution in [1.82, 2.24) is 9.88 Å². The number of carbonyl (C=O) groups excluding carboxylic acids is 2. The van der Waals surface area contributed by atoms with Crippen molar-refractivity contribution in [3.8, 4) is 0 Å². The summed E-state index contributed by atoms with van der Waals surface area (Å²) in [4.78, 5) is 30.7. The molecule has 0 fully saturated rings. The second kappa shape index (κ2) is 6.33. The molecule has 132 valence electrons. The number of benzene rings is 2. The average Bonchev–Trinajstić information content (AvgIpc) is 3.06. The van der Waals surface area contributed by atoms with Gasteiger partial charge < -0.3 is 14.6 Å². The maximum Gasteiger partial charge on any atom is 0.328 e. The fourth-order valence-electron chi connectivity index (χ4n) is 3.88. The zero-order valence-electron chi connectivity index (χ0n) is 14.7. The highest BCUT2D eigenvalue weighted by Crippen LogP contribution is 2.38. The first kappa shape index (κ1) is 16.4. The predicted molar refractivity (Wildman–Crippen MR) is 98.8 cm³/mol. The molecule has 2 heterocycles. The number of H-pyrrole nitrogens is 1. The number of methoxy groups -OCH3 is 1. The van der Waals surface area contributed by atoms with E-state index in [0.29, 0.717) is 12.0 Å². The van der Waals surface area contributed by atoms with E-state index in [1.54, 1.807) is 17.0 Å². The Morgan fingerprint density at radius 1 is 1.08 bits per heavy atom. The Balaban J connectivity index is 1.84. The van der Waals surface area contributed by atoms with Crippen molar-refractivity contribution >= 4 is 22.8 Å². The molecular weight excluding hydrogens is 328 g/mol. The molecule has 0 bridgehead atoms. The van der Waals surface area contributed by atoms with Crippen molar-refractivity contribution in [3.05, 3.63) is 71.4 Å². The molecule has 2 aromatic carbocycles. The number of hydrogen-bond acceptors (Lipinski definition) is 3. The summed E-state index contributed by atoms with van der Waals surface area (Å²) in [5.74, 6) is -0.560. The highest BCUT2D eigenvalue weighted by Gasteiger charge is 2.41. The summed E-state index contributed by atoms with van der Waals surface area (Å²) in [6.07, 6.45) is 0.439. The molecule has 3 aromatic rings. The number of hydrogen-bond donors (Lipinski definition) is 1. The number of rotatable bonds is 2. The third-order valence-corrected chi connectivity index (χ3v) is 5.14. The van der Waals surface area contributed by atoms with Crippen LogP contribution in [0.1, 0.15) is 34.6 Å². The first-order valence-electron chi connectivity index (χ1n) is 8.67. The number of para-hydroxylation sites is 1. The number of nitrogens with one attached hydrogen (secondary N) is 1. The summed E-state index contributed by atoms with van der Waals surface area (Å²) >= 11 is 0. The monoisotopic (exact) mass is 348 g/mol. The van der Waals surface area contributed by atoms with Crippen LogP contribution in [0.15, 0.2) is 54.6 Å². The molecule has 1 aliphatic rings. The Hall–Kier alpha value is -3.08. The lowest BCUT2D eigenvalue weighted by Gasteiger charge is -2.39. The SMILES string of the molecule is COC(=O)[C@@H]1Cc2c([nH]c3ccccc23)[C@H](C)N1C(=O)c1ccccc1. The molecule has 1 aromatic heterocycles. The Morgan fingerprint density at radius 2 is 1.77 bits per heavy atom. The fourth-order valence-corrected chi connectivity index (χ4v) is 3.88. The minimum atomic E-state index is -0.644. The number of amides is 1. The minimum Gasteiger partial charge on any atom is -0.467 e. The zero-order valence-corrected chi connectivity index (χ0v) is 14.7. The van der Waals surface area contributed by atoms with E-state index in [9.17, 15) is 9.59 Å². The molecule has 4 rings (SSSR count). The first-order valence-corrected chi connectivity index (χ1v) is 8.67. The normalized spacial score (nSPS) is 19.2. The van der Waals surface area contributed by atoms with E-state index >= 15 is 0 Å². The van der Waals surface area contributed by atoms with Gasteiger partial charge in [-0.2, -0.15) is 0 Å². The van der Waals surface area contributed by atoms with Crippen molar-refractivity contribution in [2.45, 2.75) is 25.4 Å².